The summed E-state index contributed by atoms with van der Waals surface area (Å²) in [6.07, 6.45) is 3.30. The zero-order valence-corrected chi connectivity index (χ0v) is 14.1. The topological polar surface area (TPSA) is 38.3 Å². The van der Waals surface area contributed by atoms with E-state index in [1.54, 1.807) is 13.2 Å². The minimum atomic E-state index is -0.149. The Morgan fingerprint density at radius 1 is 1.00 bits per heavy atom. The van der Waals surface area contributed by atoms with Crippen LogP contribution in [-0.4, -0.2) is 13.0 Å². The summed E-state index contributed by atoms with van der Waals surface area (Å²) < 4.78 is 5.10. The molecule has 0 bridgehead atoms. The van der Waals surface area contributed by atoms with Gasteiger partial charge >= 0.3 is 0 Å². The van der Waals surface area contributed by atoms with Gasteiger partial charge in [0.2, 0.25) is 5.91 Å². The van der Waals surface area contributed by atoms with Crippen molar-refractivity contribution in [3.05, 3.63) is 65.7 Å². The van der Waals surface area contributed by atoms with E-state index < -0.39 is 0 Å². The molecule has 2 aromatic carbocycles. The van der Waals surface area contributed by atoms with Crippen LogP contribution in [0, 0.1) is 0 Å². The fourth-order valence-electron chi connectivity index (χ4n) is 2.12. The van der Waals surface area contributed by atoms with Gasteiger partial charge in [0, 0.05) is 11.8 Å². The molecule has 120 valence electrons. The third-order valence-electron chi connectivity index (χ3n) is 3.56. The third-order valence-corrected chi connectivity index (χ3v) is 3.56. The van der Waals surface area contributed by atoms with Crippen molar-refractivity contribution < 1.29 is 9.53 Å². The summed E-state index contributed by atoms with van der Waals surface area (Å²) in [5.41, 5.74) is 3.09. The molecule has 3 nitrogen and oxygen atoms in total. The highest BCUT2D eigenvalue weighted by molar-refractivity contribution is 6.01. The molecule has 0 saturated heterocycles. The molecule has 0 fully saturated rings. The van der Waals surface area contributed by atoms with E-state index in [-0.39, 0.29) is 11.3 Å². The lowest BCUT2D eigenvalue weighted by atomic mass is 9.87. The lowest BCUT2D eigenvalue weighted by molar-refractivity contribution is -0.111. The highest BCUT2D eigenvalue weighted by Gasteiger charge is 2.12. The summed E-state index contributed by atoms with van der Waals surface area (Å²) in [6.45, 7) is 6.49. The van der Waals surface area contributed by atoms with Crippen molar-refractivity contribution in [2.24, 2.45) is 0 Å². The molecule has 2 aromatic rings. The highest BCUT2D eigenvalue weighted by atomic mass is 16.5. The van der Waals surface area contributed by atoms with Gasteiger partial charge in [-0.1, -0.05) is 45.0 Å². The number of carbonyl (C=O) groups is 1. The predicted molar refractivity (Wildman–Crippen MR) is 95.8 cm³/mol. The summed E-state index contributed by atoms with van der Waals surface area (Å²) in [7, 11) is 1.63. The molecule has 2 rings (SSSR count). The van der Waals surface area contributed by atoms with E-state index in [9.17, 15) is 4.79 Å². The maximum Gasteiger partial charge on any atom is 0.248 e. The minimum Gasteiger partial charge on any atom is -0.497 e. The van der Waals surface area contributed by atoms with Gasteiger partial charge in [0.15, 0.2) is 0 Å². The van der Waals surface area contributed by atoms with Crippen molar-refractivity contribution in [2.75, 3.05) is 12.4 Å². The number of amides is 1. The number of methoxy groups -OCH3 is 1. The smallest absolute Gasteiger partial charge is 0.248 e. The van der Waals surface area contributed by atoms with E-state index in [0.717, 1.165) is 17.0 Å². The lowest BCUT2D eigenvalue weighted by Gasteiger charge is -2.19. The number of rotatable bonds is 4. The number of benzene rings is 2. The second kappa shape index (κ2) is 7.14. The third kappa shape index (κ3) is 4.99. The van der Waals surface area contributed by atoms with Crippen LogP contribution in [0.1, 0.15) is 31.9 Å². The monoisotopic (exact) mass is 309 g/mol. The number of ether oxygens (including phenoxy) is 1. The zero-order chi connectivity index (χ0) is 16.9. The number of carbonyl (C=O) groups excluding carboxylic acids is 1. The average Bonchev–Trinajstić information content (AvgIpc) is 2.53. The quantitative estimate of drug-likeness (QED) is 0.835. The van der Waals surface area contributed by atoms with E-state index in [2.05, 4.69) is 26.1 Å². The summed E-state index contributed by atoms with van der Waals surface area (Å²) in [5.74, 6) is 0.648. The lowest BCUT2D eigenvalue weighted by Crippen LogP contribution is -2.12. The molecule has 0 radical (unpaired) electrons. The van der Waals surface area contributed by atoms with Gasteiger partial charge < -0.3 is 10.1 Å². The van der Waals surface area contributed by atoms with Crippen LogP contribution in [0.5, 0.6) is 5.75 Å². The Hall–Kier alpha value is -2.55. The largest absolute Gasteiger partial charge is 0.497 e. The van der Waals surface area contributed by atoms with Gasteiger partial charge in [-0.2, -0.15) is 0 Å². The van der Waals surface area contributed by atoms with Crippen LogP contribution in [0.2, 0.25) is 0 Å². The van der Waals surface area contributed by atoms with E-state index >= 15 is 0 Å². The van der Waals surface area contributed by atoms with Crippen LogP contribution in [-0.2, 0) is 10.2 Å². The molecule has 1 N–H and O–H groups in total. The van der Waals surface area contributed by atoms with Crippen LogP contribution < -0.4 is 10.1 Å². The van der Waals surface area contributed by atoms with Crippen molar-refractivity contribution in [1.29, 1.82) is 0 Å². The zero-order valence-electron chi connectivity index (χ0n) is 14.1. The standard InChI is InChI=1S/C20H23NO2/c1-20(2,3)16-8-10-17(11-9-16)21-19(22)14-7-15-5-12-18(23-4)13-6-15/h5-14H,1-4H3,(H,21,22). The molecule has 23 heavy (non-hydrogen) atoms. The number of hydrogen-bond donors (Lipinski definition) is 1. The Morgan fingerprint density at radius 2 is 1.61 bits per heavy atom. The SMILES string of the molecule is COc1ccc(C=CC(=O)Nc2ccc(C(C)(C)C)cc2)cc1. The van der Waals surface area contributed by atoms with Crippen molar-refractivity contribution in [1.82, 2.24) is 0 Å². The fourth-order valence-corrected chi connectivity index (χ4v) is 2.12. The van der Waals surface area contributed by atoms with Crippen LogP contribution in [0.4, 0.5) is 5.69 Å². The molecule has 0 aliphatic rings. The molecule has 0 saturated carbocycles. The van der Waals surface area contributed by atoms with Crippen molar-refractivity contribution >= 4 is 17.7 Å². The number of nitrogens with one attached hydrogen (secondary N) is 1. The molecule has 0 aliphatic carbocycles. The molecule has 1 amide bonds. The number of anilines is 1. The van der Waals surface area contributed by atoms with Gasteiger partial charge in [0.1, 0.15) is 5.75 Å². The molecule has 0 atom stereocenters. The maximum absolute atomic E-state index is 12.0. The summed E-state index contributed by atoms with van der Waals surface area (Å²) >= 11 is 0. The van der Waals surface area contributed by atoms with Gasteiger partial charge in [-0.3, -0.25) is 4.79 Å². The van der Waals surface area contributed by atoms with Crippen LogP contribution in [0.15, 0.2) is 54.6 Å². The molecule has 3 heteroatoms. The Balaban J connectivity index is 1.97. The summed E-state index contributed by atoms with van der Waals surface area (Å²) in [5, 5.41) is 2.86. The molecule has 0 spiro atoms. The Kier molecular flexibility index (Phi) is 5.22. The van der Waals surface area contributed by atoms with E-state index in [4.69, 9.17) is 4.74 Å². The van der Waals surface area contributed by atoms with Crippen LogP contribution in [0.25, 0.3) is 6.08 Å². The second-order valence-electron chi connectivity index (χ2n) is 6.42. The van der Waals surface area contributed by atoms with Gasteiger partial charge in [0.25, 0.3) is 0 Å². The van der Waals surface area contributed by atoms with Crippen LogP contribution in [0.3, 0.4) is 0 Å². The Morgan fingerprint density at radius 3 is 2.13 bits per heavy atom. The molecule has 0 aliphatic heterocycles. The predicted octanol–water partition coefficient (Wildman–Crippen LogP) is 4.64. The average molecular weight is 309 g/mol. The Labute approximate surface area is 138 Å². The second-order valence-corrected chi connectivity index (χ2v) is 6.42. The molecule has 0 unspecified atom stereocenters. The minimum absolute atomic E-state index is 0.108. The van der Waals surface area contributed by atoms with Crippen molar-refractivity contribution in [3.8, 4) is 5.75 Å². The van der Waals surface area contributed by atoms with Gasteiger partial charge in [0.05, 0.1) is 7.11 Å². The highest BCUT2D eigenvalue weighted by Crippen LogP contribution is 2.23. The normalized spacial score (nSPS) is 11.5. The van der Waals surface area contributed by atoms with E-state index in [0.29, 0.717) is 0 Å². The van der Waals surface area contributed by atoms with Crippen LogP contribution >= 0.6 is 0 Å². The molecule has 0 heterocycles. The first-order valence-corrected chi connectivity index (χ1v) is 7.62. The van der Waals surface area contributed by atoms with Gasteiger partial charge in [-0.25, -0.2) is 0 Å². The molecular weight excluding hydrogens is 286 g/mol. The van der Waals surface area contributed by atoms with Gasteiger partial charge in [-0.05, 0) is 46.9 Å². The van der Waals surface area contributed by atoms with Gasteiger partial charge in [-0.15, -0.1) is 0 Å². The summed E-state index contributed by atoms with van der Waals surface area (Å²) in [6, 6.07) is 15.5. The first kappa shape index (κ1) is 16.8. The number of hydrogen-bond acceptors (Lipinski definition) is 2. The van der Waals surface area contributed by atoms with Crippen molar-refractivity contribution in [2.45, 2.75) is 26.2 Å². The fraction of sp³-hybridized carbons (Fsp3) is 0.250. The maximum atomic E-state index is 12.0. The summed E-state index contributed by atoms with van der Waals surface area (Å²) in [4.78, 5) is 12.0. The van der Waals surface area contributed by atoms with E-state index in [1.807, 2.05) is 48.5 Å². The van der Waals surface area contributed by atoms with Crippen molar-refractivity contribution in [3.63, 3.8) is 0 Å². The molecule has 0 aromatic heterocycles. The Bertz CT molecular complexity index is 677. The first-order valence-electron chi connectivity index (χ1n) is 7.62. The van der Waals surface area contributed by atoms with E-state index in [1.165, 1.54) is 11.6 Å². The first-order chi connectivity index (χ1) is 10.9. The molecular formula is C20H23NO2.